The van der Waals surface area contributed by atoms with Crippen LogP contribution in [0.2, 0.25) is 0 Å². The van der Waals surface area contributed by atoms with Crippen molar-refractivity contribution in [2.75, 3.05) is 13.7 Å². The monoisotopic (exact) mass is 225 g/mol. The minimum absolute atomic E-state index is 0.916. The van der Waals surface area contributed by atoms with E-state index in [0.29, 0.717) is 0 Å². The first kappa shape index (κ1) is 12.4. The van der Waals surface area contributed by atoms with Gasteiger partial charge >= 0.3 is 0 Å². The maximum Gasteiger partial charge on any atom is 0.118 e. The van der Waals surface area contributed by atoms with E-state index in [9.17, 15) is 0 Å². The van der Waals surface area contributed by atoms with Gasteiger partial charge in [-0.3, -0.25) is 4.72 Å². The van der Waals surface area contributed by atoms with Gasteiger partial charge in [0.2, 0.25) is 0 Å². The number of allylic oxidation sites excluding steroid dienone is 5. The highest BCUT2D eigenvalue weighted by molar-refractivity contribution is 8.01. The molecule has 1 rings (SSSR count). The molecule has 3 heteroatoms. The lowest BCUT2D eigenvalue weighted by Crippen LogP contribution is -2.04. The van der Waals surface area contributed by atoms with Crippen molar-refractivity contribution in [1.29, 1.82) is 0 Å². The van der Waals surface area contributed by atoms with Gasteiger partial charge in [-0.2, -0.15) is 0 Å². The maximum absolute atomic E-state index is 5.16. The lowest BCUT2D eigenvalue weighted by Gasteiger charge is -2.04. The van der Waals surface area contributed by atoms with Gasteiger partial charge in [0, 0.05) is 11.4 Å². The SMILES string of the molecule is CCCCNSC1=CC=C(OC)C=CC1. The number of rotatable bonds is 6. The lowest BCUT2D eigenvalue weighted by molar-refractivity contribution is 0.307. The summed E-state index contributed by atoms with van der Waals surface area (Å²) < 4.78 is 8.52. The van der Waals surface area contributed by atoms with Gasteiger partial charge in [-0.15, -0.1) is 0 Å². The molecule has 0 aliphatic heterocycles. The molecular formula is C12H19NOS. The molecule has 0 spiro atoms. The number of methoxy groups -OCH3 is 1. The van der Waals surface area contributed by atoms with Crippen LogP contribution in [0.1, 0.15) is 26.2 Å². The van der Waals surface area contributed by atoms with Crippen molar-refractivity contribution in [2.24, 2.45) is 0 Å². The Bertz CT molecular complexity index is 269. The fourth-order valence-electron chi connectivity index (χ4n) is 1.19. The standard InChI is InChI=1S/C12H19NOS/c1-3-4-10-13-15-12-7-5-6-11(14-2)8-9-12/h5-6,8-9,13H,3-4,7,10H2,1-2H3. The Hall–Kier alpha value is -0.670. The molecule has 1 aliphatic carbocycles. The van der Waals surface area contributed by atoms with Gasteiger partial charge < -0.3 is 4.74 Å². The maximum atomic E-state index is 5.16. The zero-order chi connectivity index (χ0) is 10.9. The molecule has 0 fully saturated rings. The third kappa shape index (κ3) is 5.09. The summed E-state index contributed by atoms with van der Waals surface area (Å²) in [6, 6.07) is 0. The van der Waals surface area contributed by atoms with E-state index in [-0.39, 0.29) is 0 Å². The Morgan fingerprint density at radius 2 is 2.33 bits per heavy atom. The summed E-state index contributed by atoms with van der Waals surface area (Å²) in [5, 5.41) is 0. The molecule has 1 aliphatic rings. The molecule has 0 saturated carbocycles. The molecule has 15 heavy (non-hydrogen) atoms. The number of ether oxygens (including phenoxy) is 1. The van der Waals surface area contributed by atoms with Gasteiger partial charge in [0.15, 0.2) is 0 Å². The number of nitrogens with one attached hydrogen (secondary N) is 1. The van der Waals surface area contributed by atoms with Crippen LogP contribution in [0.15, 0.2) is 35.0 Å². The predicted octanol–water partition coefficient (Wildman–Crippen LogP) is 3.40. The summed E-state index contributed by atoms with van der Waals surface area (Å²) in [5.74, 6) is 0.916. The summed E-state index contributed by atoms with van der Waals surface area (Å²) >= 11 is 1.72. The van der Waals surface area contributed by atoms with Gasteiger partial charge in [0.05, 0.1) is 7.11 Å². The Labute approximate surface area is 96.6 Å². The highest BCUT2D eigenvalue weighted by Gasteiger charge is 1.99. The molecule has 0 heterocycles. The fourth-order valence-corrected chi connectivity index (χ4v) is 1.94. The fraction of sp³-hybridized carbons (Fsp3) is 0.500. The van der Waals surface area contributed by atoms with Crippen LogP contribution >= 0.6 is 11.9 Å². The van der Waals surface area contributed by atoms with Crippen molar-refractivity contribution in [2.45, 2.75) is 26.2 Å². The molecule has 2 nitrogen and oxygen atoms in total. The van der Waals surface area contributed by atoms with Crippen molar-refractivity contribution in [3.63, 3.8) is 0 Å². The van der Waals surface area contributed by atoms with Crippen LogP contribution in [-0.2, 0) is 4.74 Å². The van der Waals surface area contributed by atoms with Crippen LogP contribution < -0.4 is 4.72 Å². The van der Waals surface area contributed by atoms with Gasteiger partial charge in [0.25, 0.3) is 0 Å². The summed E-state index contributed by atoms with van der Waals surface area (Å²) in [6.07, 6.45) is 11.7. The summed E-state index contributed by atoms with van der Waals surface area (Å²) in [4.78, 5) is 1.33. The van der Waals surface area contributed by atoms with Crippen LogP contribution in [0.3, 0.4) is 0 Å². The van der Waals surface area contributed by atoms with Gasteiger partial charge in [-0.1, -0.05) is 19.4 Å². The van der Waals surface area contributed by atoms with E-state index in [0.717, 1.165) is 18.7 Å². The molecule has 0 unspecified atom stereocenters. The van der Waals surface area contributed by atoms with Crippen LogP contribution in [0, 0.1) is 0 Å². The molecule has 0 radical (unpaired) electrons. The van der Waals surface area contributed by atoms with E-state index in [1.807, 2.05) is 12.2 Å². The quantitative estimate of drug-likeness (QED) is 0.553. The molecule has 0 aromatic rings. The number of hydrogen-bond acceptors (Lipinski definition) is 3. The Morgan fingerprint density at radius 1 is 1.47 bits per heavy atom. The number of unbranched alkanes of at least 4 members (excludes halogenated alkanes) is 1. The molecule has 0 bridgehead atoms. The highest BCUT2D eigenvalue weighted by atomic mass is 32.2. The normalized spacial score (nSPS) is 15.6. The minimum atomic E-state index is 0.916. The van der Waals surface area contributed by atoms with Crippen LogP contribution in [0.4, 0.5) is 0 Å². The van der Waals surface area contributed by atoms with Crippen LogP contribution in [0.25, 0.3) is 0 Å². The lowest BCUT2D eigenvalue weighted by atomic mass is 10.3. The van der Waals surface area contributed by atoms with Crippen molar-refractivity contribution in [1.82, 2.24) is 4.72 Å². The van der Waals surface area contributed by atoms with Gasteiger partial charge in [-0.05, 0) is 43.0 Å². The second kappa shape index (κ2) is 7.60. The summed E-state index contributed by atoms with van der Waals surface area (Å²) in [5.41, 5.74) is 0. The first-order chi connectivity index (χ1) is 7.36. The van der Waals surface area contributed by atoms with Crippen molar-refractivity contribution in [3.05, 3.63) is 35.0 Å². The van der Waals surface area contributed by atoms with Crippen LogP contribution in [0.5, 0.6) is 0 Å². The van der Waals surface area contributed by atoms with E-state index >= 15 is 0 Å². The average molecular weight is 225 g/mol. The topological polar surface area (TPSA) is 21.3 Å². The molecular weight excluding hydrogens is 206 g/mol. The van der Waals surface area contributed by atoms with E-state index in [1.165, 1.54) is 17.7 Å². The van der Waals surface area contributed by atoms with Crippen molar-refractivity contribution >= 4 is 11.9 Å². The third-order valence-corrected chi connectivity index (χ3v) is 3.02. The second-order valence-corrected chi connectivity index (χ2v) is 4.38. The van der Waals surface area contributed by atoms with Gasteiger partial charge in [0.1, 0.15) is 5.76 Å². The average Bonchev–Trinajstić information content (AvgIpc) is 2.49. The molecule has 0 saturated heterocycles. The molecule has 0 aromatic heterocycles. The zero-order valence-electron chi connectivity index (χ0n) is 9.45. The molecule has 0 atom stereocenters. The van der Waals surface area contributed by atoms with E-state index in [1.54, 1.807) is 19.1 Å². The molecule has 0 amide bonds. The first-order valence-electron chi connectivity index (χ1n) is 5.38. The Balaban J connectivity index is 2.33. The minimum Gasteiger partial charge on any atom is -0.497 e. The summed E-state index contributed by atoms with van der Waals surface area (Å²) in [7, 11) is 1.70. The second-order valence-electron chi connectivity index (χ2n) is 3.36. The number of hydrogen-bond donors (Lipinski definition) is 1. The Kier molecular flexibility index (Phi) is 6.28. The highest BCUT2D eigenvalue weighted by Crippen LogP contribution is 2.20. The Morgan fingerprint density at radius 3 is 3.07 bits per heavy atom. The largest absolute Gasteiger partial charge is 0.497 e. The molecule has 1 N–H and O–H groups in total. The summed E-state index contributed by atoms with van der Waals surface area (Å²) in [6.45, 7) is 3.27. The first-order valence-corrected chi connectivity index (χ1v) is 6.19. The molecule has 0 aromatic carbocycles. The molecule has 84 valence electrons. The van der Waals surface area contributed by atoms with Crippen molar-refractivity contribution < 1.29 is 4.74 Å². The smallest absolute Gasteiger partial charge is 0.118 e. The van der Waals surface area contributed by atoms with Crippen molar-refractivity contribution in [3.8, 4) is 0 Å². The zero-order valence-corrected chi connectivity index (χ0v) is 10.3. The third-order valence-electron chi connectivity index (χ3n) is 2.11. The van der Waals surface area contributed by atoms with E-state index in [4.69, 9.17) is 4.74 Å². The van der Waals surface area contributed by atoms with E-state index in [2.05, 4.69) is 23.8 Å². The van der Waals surface area contributed by atoms with E-state index < -0.39 is 0 Å². The van der Waals surface area contributed by atoms with Crippen LogP contribution in [-0.4, -0.2) is 13.7 Å². The van der Waals surface area contributed by atoms with Gasteiger partial charge in [-0.25, -0.2) is 0 Å². The predicted molar refractivity (Wildman–Crippen MR) is 67.4 cm³/mol.